The first-order valence-corrected chi connectivity index (χ1v) is 26.1. The fourth-order valence-electron chi connectivity index (χ4n) is 9.49. The van der Waals surface area contributed by atoms with Gasteiger partial charge in [0, 0.05) is 38.2 Å². The summed E-state index contributed by atoms with van der Waals surface area (Å²) in [6.07, 6.45) is 3.22. The minimum atomic E-state index is -1.42. The molecule has 0 unspecified atom stereocenters. The van der Waals surface area contributed by atoms with Gasteiger partial charge in [0.2, 0.25) is 47.3 Å². The van der Waals surface area contributed by atoms with Crippen molar-refractivity contribution in [3.8, 4) is 11.5 Å². The molecule has 22 nitrogen and oxygen atoms in total. The normalized spacial score (nSPS) is 19.9. The molecule has 3 heterocycles. The third-order valence-electron chi connectivity index (χ3n) is 13.4. The van der Waals surface area contributed by atoms with Crippen LogP contribution in [0.1, 0.15) is 90.2 Å². The quantitative estimate of drug-likeness (QED) is 0.0563. The van der Waals surface area contributed by atoms with Gasteiger partial charge in [-0.05, 0) is 105 Å². The molecule has 12 N–H and O–H groups in total. The van der Waals surface area contributed by atoms with Crippen LogP contribution in [0.25, 0.3) is 0 Å². The number of hydrogen-bond acceptors (Lipinski definition) is 14. The predicted molar refractivity (Wildman–Crippen MR) is 275 cm³/mol. The number of nitrogens with two attached hydrogens (primary N) is 1. The molecular formula is C51H74N10O12S. The van der Waals surface area contributed by atoms with Crippen molar-refractivity contribution < 1.29 is 58.5 Å². The average molecular weight is 1050 g/mol. The van der Waals surface area contributed by atoms with Gasteiger partial charge in [-0.2, -0.15) is 12.6 Å². The Bertz CT molecular complexity index is 2300. The molecule has 23 heteroatoms. The molecule has 2 aromatic rings. The van der Waals surface area contributed by atoms with E-state index in [0.29, 0.717) is 49.9 Å². The van der Waals surface area contributed by atoms with Crippen LogP contribution in [0.2, 0.25) is 0 Å². The molecular weight excluding hydrogens is 977 g/mol. The Hall–Kier alpha value is -6.46. The van der Waals surface area contributed by atoms with E-state index in [1.165, 1.54) is 41.3 Å². The molecule has 3 aliphatic rings. The zero-order valence-electron chi connectivity index (χ0n) is 42.5. The van der Waals surface area contributed by atoms with Crippen LogP contribution in [0, 0.1) is 11.8 Å². The summed E-state index contributed by atoms with van der Waals surface area (Å²) in [7, 11) is 0. The summed E-state index contributed by atoms with van der Waals surface area (Å²) >= 11 is 4.01. The maximum Gasteiger partial charge on any atom is 0.327 e. The van der Waals surface area contributed by atoms with Crippen molar-refractivity contribution >= 4 is 65.9 Å². The molecule has 0 aliphatic carbocycles. The van der Waals surface area contributed by atoms with Crippen LogP contribution in [-0.2, 0) is 56.0 Å². The number of nitrogens with one attached hydrogen (secondary N) is 7. The van der Waals surface area contributed by atoms with E-state index in [1.54, 1.807) is 30.9 Å². The highest BCUT2D eigenvalue weighted by atomic mass is 32.1. The Morgan fingerprint density at radius 1 is 0.595 bits per heavy atom. The average Bonchev–Trinajstić information content (AvgIpc) is 4.18. The monoisotopic (exact) mass is 1050 g/mol. The van der Waals surface area contributed by atoms with Gasteiger partial charge in [0.25, 0.3) is 0 Å². The van der Waals surface area contributed by atoms with Gasteiger partial charge in [0.15, 0.2) is 0 Å². The summed E-state index contributed by atoms with van der Waals surface area (Å²) in [6.45, 7) is 8.12. The maximum atomic E-state index is 14.6. The zero-order valence-corrected chi connectivity index (χ0v) is 43.4. The van der Waals surface area contributed by atoms with Crippen molar-refractivity contribution in [3.05, 3.63) is 59.7 Å². The number of aromatic hydroxyl groups is 2. The number of carboxylic acid groups (broad SMARTS) is 1. The van der Waals surface area contributed by atoms with Gasteiger partial charge < -0.3 is 68.1 Å². The fourth-order valence-corrected chi connectivity index (χ4v) is 9.74. The molecule has 5 rings (SSSR count). The van der Waals surface area contributed by atoms with Crippen LogP contribution >= 0.6 is 12.6 Å². The molecule has 0 bridgehead atoms. The molecule has 0 saturated carbocycles. The number of phenols is 2. The molecule has 8 amide bonds. The van der Waals surface area contributed by atoms with Crippen LogP contribution in [0.15, 0.2) is 48.5 Å². The topological polar surface area (TPSA) is 331 Å². The van der Waals surface area contributed by atoms with E-state index >= 15 is 0 Å². The molecule has 3 aliphatic heterocycles. The van der Waals surface area contributed by atoms with Crippen molar-refractivity contribution in [1.82, 2.24) is 47.0 Å². The number of carboxylic acids is 1. The lowest BCUT2D eigenvalue weighted by atomic mass is 10.00. The second kappa shape index (κ2) is 27.7. The van der Waals surface area contributed by atoms with Crippen LogP contribution in [0.3, 0.4) is 0 Å². The molecule has 3 fully saturated rings. The minimum absolute atomic E-state index is 0.000151. The molecule has 9 atom stereocenters. The second-order valence-electron chi connectivity index (χ2n) is 20.2. The summed E-state index contributed by atoms with van der Waals surface area (Å²) < 4.78 is 0. The van der Waals surface area contributed by atoms with Crippen molar-refractivity contribution in [2.45, 2.75) is 146 Å². The largest absolute Gasteiger partial charge is 0.508 e. The summed E-state index contributed by atoms with van der Waals surface area (Å²) in [6, 6.07) is 1.94. The number of aliphatic carboxylic acids is 1. The van der Waals surface area contributed by atoms with Crippen LogP contribution < -0.4 is 43.0 Å². The van der Waals surface area contributed by atoms with Crippen LogP contribution in [0.4, 0.5) is 0 Å². The van der Waals surface area contributed by atoms with Crippen LogP contribution in [0.5, 0.6) is 11.5 Å². The molecule has 74 heavy (non-hydrogen) atoms. The molecule has 2 aromatic carbocycles. The number of hydrogen-bond donors (Lipinski definition) is 12. The van der Waals surface area contributed by atoms with Crippen molar-refractivity contribution in [1.29, 1.82) is 0 Å². The number of rotatable bonds is 25. The van der Waals surface area contributed by atoms with E-state index in [9.17, 15) is 58.5 Å². The highest BCUT2D eigenvalue weighted by Gasteiger charge is 2.42. The smallest absolute Gasteiger partial charge is 0.327 e. The summed E-state index contributed by atoms with van der Waals surface area (Å²) in [4.78, 5) is 127. The lowest BCUT2D eigenvalue weighted by Crippen LogP contribution is -2.61. The van der Waals surface area contributed by atoms with Gasteiger partial charge >= 0.3 is 5.97 Å². The second-order valence-corrected chi connectivity index (χ2v) is 20.5. The van der Waals surface area contributed by atoms with Crippen molar-refractivity contribution in [2.75, 3.05) is 31.9 Å². The van der Waals surface area contributed by atoms with E-state index in [1.807, 2.05) is 13.8 Å². The van der Waals surface area contributed by atoms with Gasteiger partial charge in [0.05, 0.1) is 6.04 Å². The molecule has 0 radical (unpaired) electrons. The molecule has 0 aromatic heterocycles. The third-order valence-corrected chi connectivity index (χ3v) is 13.7. The molecule has 406 valence electrons. The maximum absolute atomic E-state index is 14.6. The van der Waals surface area contributed by atoms with E-state index in [0.717, 1.165) is 6.42 Å². The Labute approximate surface area is 436 Å². The summed E-state index contributed by atoms with van der Waals surface area (Å²) in [5.41, 5.74) is 7.17. The Balaban J connectivity index is 1.31. The van der Waals surface area contributed by atoms with E-state index in [2.05, 4.69) is 49.8 Å². The number of likely N-dealkylation sites (tertiary alicyclic amines) is 2. The first kappa shape index (κ1) is 58.4. The van der Waals surface area contributed by atoms with E-state index in [-0.39, 0.29) is 79.7 Å². The Morgan fingerprint density at radius 3 is 1.51 bits per heavy atom. The number of amides is 8. The van der Waals surface area contributed by atoms with Crippen LogP contribution in [-0.4, -0.2) is 165 Å². The lowest BCUT2D eigenvalue weighted by Gasteiger charge is -2.32. The highest BCUT2D eigenvalue weighted by molar-refractivity contribution is 7.80. The highest BCUT2D eigenvalue weighted by Crippen LogP contribution is 2.24. The third kappa shape index (κ3) is 16.5. The first-order valence-electron chi connectivity index (χ1n) is 25.5. The van der Waals surface area contributed by atoms with Gasteiger partial charge in [-0.15, -0.1) is 0 Å². The molecule has 0 spiro atoms. The molecule has 3 saturated heterocycles. The van der Waals surface area contributed by atoms with E-state index in [4.69, 9.17) is 5.73 Å². The Kier molecular flexibility index (Phi) is 21.9. The summed E-state index contributed by atoms with van der Waals surface area (Å²) in [5.74, 6) is -6.97. The first-order chi connectivity index (χ1) is 35.2. The number of nitrogens with zero attached hydrogens (tertiary/aromatic N) is 2. The van der Waals surface area contributed by atoms with Gasteiger partial charge in [-0.1, -0.05) is 52.0 Å². The van der Waals surface area contributed by atoms with Crippen molar-refractivity contribution in [3.63, 3.8) is 0 Å². The Morgan fingerprint density at radius 2 is 1.03 bits per heavy atom. The van der Waals surface area contributed by atoms with Gasteiger partial charge in [-0.3, -0.25) is 38.4 Å². The summed E-state index contributed by atoms with van der Waals surface area (Å²) in [5, 5.41) is 48.6. The number of carbonyl (C=O) groups excluding carboxylic acids is 8. The fraction of sp³-hybridized carbons (Fsp3) is 0.588. The SMILES string of the molecule is CC(C)C[C@H](NC(=O)[C@H](Cc1ccc(O)cc1)NC(=O)[C@H](CN)NC(=O)[C@@H]1CCCN1C(=O)[C@H](CC(C)C)NC(=O)[C@H](Cc1ccc(O)cc1)NC(=O)[C@@H]1CCCN1C(=O)[C@@H]1CCCN1)C(=O)N[C@@H](CS)C(=O)O. The predicted octanol–water partition coefficient (Wildman–Crippen LogP) is -0.409. The van der Waals surface area contributed by atoms with Gasteiger partial charge in [0.1, 0.15) is 59.8 Å². The number of thiol groups is 1. The van der Waals surface area contributed by atoms with E-state index < -0.39 is 102 Å². The number of phenolic OH excluding ortho intramolecular Hbond substituents is 2. The number of benzene rings is 2. The minimum Gasteiger partial charge on any atom is -0.508 e. The zero-order chi connectivity index (χ0) is 54.2. The van der Waals surface area contributed by atoms with Gasteiger partial charge in [-0.25, -0.2) is 4.79 Å². The standard InChI is InChI=1S/C51H74N10O12S/c1-28(2)22-35(43(64)59-40(27-74)51(72)73)54-44(65)36(24-30-11-15-32(62)16-12-30)55-46(67)39(26-52)58-48(69)42-10-7-21-61(42)50(71)38(23-29(3)4)57-45(66)37(25-31-13-17-33(63)18-14-31)56-47(68)41-9-6-20-60(41)49(70)34-8-5-19-53-34/h11-18,28-29,34-42,53,62-63,74H,5-10,19-27,52H2,1-4H3,(H,54,65)(H,55,67)(H,56,68)(H,57,66)(H,58,69)(H,59,64)(H,72,73)/t34-,35-,36-,37-,38-,39-,40-,41-,42-/m0/s1. The lowest BCUT2D eigenvalue weighted by molar-refractivity contribution is -0.143. The van der Waals surface area contributed by atoms with Crippen molar-refractivity contribution in [2.24, 2.45) is 17.6 Å². The number of carbonyl (C=O) groups is 9.